The molecule has 1 aromatic rings. The van der Waals surface area contributed by atoms with Gasteiger partial charge in [-0.05, 0) is 31.7 Å². The van der Waals surface area contributed by atoms with Crippen LogP contribution in [0.5, 0.6) is 0 Å². The maximum atomic E-state index is 5.63. The first-order valence-corrected chi connectivity index (χ1v) is 9.32. The van der Waals surface area contributed by atoms with E-state index in [4.69, 9.17) is 9.47 Å². The van der Waals surface area contributed by atoms with Crippen LogP contribution in [0.4, 0.5) is 5.82 Å². The first-order chi connectivity index (χ1) is 11.9. The van der Waals surface area contributed by atoms with E-state index in [0.29, 0.717) is 18.0 Å². The summed E-state index contributed by atoms with van der Waals surface area (Å²) in [6.07, 6.45) is 8.58. The molecule has 0 atom stereocenters. The molecule has 2 aliphatic heterocycles. The monoisotopic (exact) mass is 332 g/mol. The molecule has 6 heteroatoms. The van der Waals surface area contributed by atoms with Crippen LogP contribution in [0.1, 0.15) is 25.7 Å². The Hall–Kier alpha value is -1.24. The van der Waals surface area contributed by atoms with Crippen molar-refractivity contribution in [2.45, 2.75) is 37.8 Å². The second-order valence-electron chi connectivity index (χ2n) is 7.25. The zero-order chi connectivity index (χ0) is 16.2. The van der Waals surface area contributed by atoms with Crippen LogP contribution in [0.15, 0.2) is 18.6 Å². The van der Waals surface area contributed by atoms with Crippen LogP contribution in [0.2, 0.25) is 0 Å². The number of piperidine rings is 1. The van der Waals surface area contributed by atoms with E-state index in [0.717, 1.165) is 51.9 Å². The molecular weight excluding hydrogens is 304 g/mol. The van der Waals surface area contributed by atoms with E-state index >= 15 is 0 Å². The summed E-state index contributed by atoms with van der Waals surface area (Å²) in [6.45, 7) is 6.60. The molecule has 6 nitrogen and oxygen atoms in total. The highest BCUT2D eigenvalue weighted by Gasteiger charge is 2.36. The predicted octanol–water partition coefficient (Wildman–Crippen LogP) is 1.57. The fourth-order valence-electron chi connectivity index (χ4n) is 3.98. The van der Waals surface area contributed by atoms with Crippen molar-refractivity contribution in [1.29, 1.82) is 0 Å². The fourth-order valence-corrected chi connectivity index (χ4v) is 3.98. The van der Waals surface area contributed by atoms with Crippen LogP contribution in [0, 0.1) is 5.92 Å². The predicted molar refractivity (Wildman–Crippen MR) is 92.1 cm³/mol. The summed E-state index contributed by atoms with van der Waals surface area (Å²) in [7, 11) is 0. The number of aromatic nitrogens is 2. The van der Waals surface area contributed by atoms with Crippen molar-refractivity contribution in [3.63, 3.8) is 0 Å². The van der Waals surface area contributed by atoms with E-state index in [2.05, 4.69) is 25.8 Å². The summed E-state index contributed by atoms with van der Waals surface area (Å²) in [4.78, 5) is 13.7. The van der Waals surface area contributed by atoms with Crippen molar-refractivity contribution < 1.29 is 9.47 Å². The molecule has 0 bridgehead atoms. The second kappa shape index (κ2) is 7.76. The Morgan fingerprint density at radius 2 is 1.75 bits per heavy atom. The molecule has 4 rings (SSSR count). The van der Waals surface area contributed by atoms with Gasteiger partial charge in [0, 0.05) is 43.8 Å². The first kappa shape index (κ1) is 16.2. The standard InChI is InChI=1S/C18H28N4O2/c1-2-16(1)22(18-3-6-19-14-20-18)17-4-7-21(8-5-17)11-15-12-23-9-10-24-13-15/h3,6,14-17H,1-2,4-5,7-13H2. The van der Waals surface area contributed by atoms with Crippen molar-refractivity contribution in [2.75, 3.05) is 51.0 Å². The van der Waals surface area contributed by atoms with Gasteiger partial charge in [-0.25, -0.2) is 9.97 Å². The zero-order valence-corrected chi connectivity index (χ0v) is 14.3. The summed E-state index contributed by atoms with van der Waals surface area (Å²) >= 11 is 0. The number of likely N-dealkylation sites (tertiary alicyclic amines) is 1. The molecule has 3 aliphatic rings. The third-order valence-corrected chi connectivity index (χ3v) is 5.32. The lowest BCUT2D eigenvalue weighted by Gasteiger charge is -2.40. The summed E-state index contributed by atoms with van der Waals surface area (Å²) in [5, 5.41) is 0. The molecule has 3 heterocycles. The SMILES string of the molecule is c1cc(N(C2CC2)C2CCN(CC3COCCOC3)CC2)ncn1. The van der Waals surface area contributed by atoms with Crippen LogP contribution < -0.4 is 4.90 Å². The quantitative estimate of drug-likeness (QED) is 0.816. The van der Waals surface area contributed by atoms with E-state index in [1.165, 1.54) is 25.7 Å². The highest BCUT2D eigenvalue weighted by molar-refractivity contribution is 5.41. The molecule has 0 radical (unpaired) electrons. The van der Waals surface area contributed by atoms with Crippen molar-refractivity contribution in [3.8, 4) is 0 Å². The van der Waals surface area contributed by atoms with Gasteiger partial charge in [-0.1, -0.05) is 0 Å². The van der Waals surface area contributed by atoms with Crippen LogP contribution in [0.3, 0.4) is 0 Å². The Labute approximate surface area is 144 Å². The fraction of sp³-hybridized carbons (Fsp3) is 0.778. The molecule has 0 aromatic carbocycles. The van der Waals surface area contributed by atoms with E-state index in [-0.39, 0.29) is 0 Å². The van der Waals surface area contributed by atoms with Crippen LogP contribution >= 0.6 is 0 Å². The maximum Gasteiger partial charge on any atom is 0.132 e. The third kappa shape index (κ3) is 4.05. The molecular formula is C18H28N4O2. The van der Waals surface area contributed by atoms with Gasteiger partial charge in [0.25, 0.3) is 0 Å². The van der Waals surface area contributed by atoms with Crippen LogP contribution in [-0.2, 0) is 9.47 Å². The van der Waals surface area contributed by atoms with E-state index in [1.54, 1.807) is 6.33 Å². The van der Waals surface area contributed by atoms with Crippen LogP contribution in [-0.4, -0.2) is 73.0 Å². The Morgan fingerprint density at radius 1 is 1.04 bits per heavy atom. The summed E-state index contributed by atoms with van der Waals surface area (Å²) < 4.78 is 11.3. The Kier molecular flexibility index (Phi) is 5.25. The normalized spacial score (nSPS) is 24.7. The van der Waals surface area contributed by atoms with Gasteiger partial charge in [0.2, 0.25) is 0 Å². The number of hydrogen-bond acceptors (Lipinski definition) is 6. The summed E-state index contributed by atoms with van der Waals surface area (Å²) in [5.41, 5.74) is 0. The minimum Gasteiger partial charge on any atom is -0.379 e. The topological polar surface area (TPSA) is 50.7 Å². The summed E-state index contributed by atoms with van der Waals surface area (Å²) in [5.74, 6) is 1.63. The van der Waals surface area contributed by atoms with E-state index in [9.17, 15) is 0 Å². The lowest BCUT2D eigenvalue weighted by atomic mass is 10.0. The number of ether oxygens (including phenoxy) is 2. The highest BCUT2D eigenvalue weighted by Crippen LogP contribution is 2.35. The first-order valence-electron chi connectivity index (χ1n) is 9.32. The molecule has 2 saturated heterocycles. The average molecular weight is 332 g/mol. The van der Waals surface area contributed by atoms with Gasteiger partial charge in [-0.2, -0.15) is 0 Å². The molecule has 1 saturated carbocycles. The second-order valence-corrected chi connectivity index (χ2v) is 7.25. The maximum absolute atomic E-state index is 5.63. The number of nitrogens with zero attached hydrogens (tertiary/aromatic N) is 4. The van der Waals surface area contributed by atoms with Gasteiger partial charge in [0.1, 0.15) is 12.1 Å². The van der Waals surface area contributed by atoms with Gasteiger partial charge in [-0.3, -0.25) is 0 Å². The van der Waals surface area contributed by atoms with Crippen molar-refractivity contribution in [1.82, 2.24) is 14.9 Å². The zero-order valence-electron chi connectivity index (χ0n) is 14.3. The van der Waals surface area contributed by atoms with Gasteiger partial charge in [-0.15, -0.1) is 0 Å². The molecule has 0 spiro atoms. The lowest BCUT2D eigenvalue weighted by molar-refractivity contribution is 0.0933. The number of anilines is 1. The molecule has 24 heavy (non-hydrogen) atoms. The minimum atomic E-state index is 0.519. The number of rotatable bonds is 5. The van der Waals surface area contributed by atoms with E-state index < -0.39 is 0 Å². The van der Waals surface area contributed by atoms with Gasteiger partial charge >= 0.3 is 0 Å². The minimum absolute atomic E-state index is 0.519. The highest BCUT2D eigenvalue weighted by atomic mass is 16.5. The molecule has 1 aromatic heterocycles. The van der Waals surface area contributed by atoms with Gasteiger partial charge in [0.05, 0.1) is 26.4 Å². The largest absolute Gasteiger partial charge is 0.379 e. The van der Waals surface area contributed by atoms with Crippen molar-refractivity contribution >= 4 is 5.82 Å². The average Bonchev–Trinajstić information content (AvgIpc) is 3.46. The molecule has 0 unspecified atom stereocenters. The number of hydrogen-bond donors (Lipinski definition) is 0. The Balaban J connectivity index is 1.31. The Morgan fingerprint density at radius 3 is 2.38 bits per heavy atom. The molecule has 3 fully saturated rings. The van der Waals surface area contributed by atoms with Gasteiger partial charge in [0.15, 0.2) is 0 Å². The van der Waals surface area contributed by atoms with Gasteiger partial charge < -0.3 is 19.3 Å². The lowest BCUT2D eigenvalue weighted by Crippen LogP contribution is -2.47. The molecule has 132 valence electrons. The van der Waals surface area contributed by atoms with Crippen LogP contribution in [0.25, 0.3) is 0 Å². The molecule has 0 amide bonds. The third-order valence-electron chi connectivity index (χ3n) is 5.32. The van der Waals surface area contributed by atoms with E-state index in [1.807, 2.05) is 6.20 Å². The molecule has 0 N–H and O–H groups in total. The van der Waals surface area contributed by atoms with Crippen molar-refractivity contribution in [3.05, 3.63) is 18.6 Å². The Bertz CT molecular complexity index is 495. The van der Waals surface area contributed by atoms with Crippen molar-refractivity contribution in [2.24, 2.45) is 5.92 Å². The summed E-state index contributed by atoms with van der Waals surface area (Å²) in [6, 6.07) is 3.37. The molecule has 1 aliphatic carbocycles. The smallest absolute Gasteiger partial charge is 0.132 e.